The van der Waals surface area contributed by atoms with Crippen LogP contribution in [-0.2, 0) is 4.79 Å². The predicted molar refractivity (Wildman–Crippen MR) is 77.1 cm³/mol. The van der Waals surface area contributed by atoms with E-state index in [2.05, 4.69) is 0 Å². The number of carboxylic acid groups (broad SMARTS) is 1. The van der Waals surface area contributed by atoms with Gasteiger partial charge in [-0.05, 0) is 32.4 Å². The molecule has 1 aromatic carbocycles. The van der Waals surface area contributed by atoms with Gasteiger partial charge in [0, 0.05) is 24.8 Å². The summed E-state index contributed by atoms with van der Waals surface area (Å²) in [6.45, 7) is 6.65. The number of urea groups is 1. The van der Waals surface area contributed by atoms with E-state index >= 15 is 0 Å². The quantitative estimate of drug-likeness (QED) is 0.922. The minimum absolute atomic E-state index is 0.0866. The molecule has 0 radical (unpaired) electrons. The molecule has 1 aromatic rings. The zero-order valence-electron chi connectivity index (χ0n) is 12.0. The van der Waals surface area contributed by atoms with Gasteiger partial charge in [-0.2, -0.15) is 0 Å². The molecule has 0 aliphatic carbocycles. The van der Waals surface area contributed by atoms with Gasteiger partial charge in [0.15, 0.2) is 0 Å². The normalized spacial score (nSPS) is 17.2. The molecule has 0 bridgehead atoms. The summed E-state index contributed by atoms with van der Waals surface area (Å²) in [6, 6.07) is 7.19. The van der Waals surface area contributed by atoms with E-state index in [1.807, 2.05) is 39.0 Å². The lowest BCUT2D eigenvalue weighted by Crippen LogP contribution is -2.46. The van der Waals surface area contributed by atoms with Crippen molar-refractivity contribution < 1.29 is 14.7 Å². The Morgan fingerprint density at radius 2 is 2.05 bits per heavy atom. The molecule has 5 heteroatoms. The number of nitrogens with zero attached hydrogens (tertiary/aromatic N) is 2. The molecule has 1 N–H and O–H groups in total. The van der Waals surface area contributed by atoms with Crippen molar-refractivity contribution in [2.75, 3.05) is 18.0 Å². The Bertz CT molecular complexity index is 528. The maximum absolute atomic E-state index is 12.6. The lowest BCUT2D eigenvalue weighted by molar-refractivity contribution is -0.138. The molecule has 20 heavy (non-hydrogen) atoms. The Labute approximate surface area is 118 Å². The van der Waals surface area contributed by atoms with Crippen molar-refractivity contribution in [2.45, 2.75) is 32.7 Å². The molecule has 2 amide bonds. The summed E-state index contributed by atoms with van der Waals surface area (Å²) in [5.41, 5.74) is 1.43. The number of carboxylic acids is 1. The van der Waals surface area contributed by atoms with Crippen molar-refractivity contribution >= 4 is 17.7 Å². The number of carbonyl (C=O) groups excluding carboxylic acids is 1. The Morgan fingerprint density at radius 3 is 2.60 bits per heavy atom. The monoisotopic (exact) mass is 276 g/mol. The zero-order chi connectivity index (χ0) is 14.9. The fourth-order valence-corrected chi connectivity index (χ4v) is 2.68. The Hall–Kier alpha value is -2.04. The summed E-state index contributed by atoms with van der Waals surface area (Å²) >= 11 is 0. The highest BCUT2D eigenvalue weighted by molar-refractivity contribution is 5.98. The molecule has 1 unspecified atom stereocenters. The average molecular weight is 276 g/mol. The van der Waals surface area contributed by atoms with Gasteiger partial charge < -0.3 is 10.0 Å². The first-order valence-corrected chi connectivity index (χ1v) is 6.87. The first kappa shape index (κ1) is 14.4. The highest BCUT2D eigenvalue weighted by Crippen LogP contribution is 2.36. The fourth-order valence-electron chi connectivity index (χ4n) is 2.68. The number of hydrogen-bond acceptors (Lipinski definition) is 2. The molecule has 1 aliphatic heterocycles. The summed E-state index contributed by atoms with van der Waals surface area (Å²) in [5.74, 6) is -1.53. The molecule has 1 aliphatic rings. The number of hydrogen-bond donors (Lipinski definition) is 1. The topological polar surface area (TPSA) is 60.9 Å². The predicted octanol–water partition coefficient (Wildman–Crippen LogP) is 2.53. The second kappa shape index (κ2) is 5.53. The van der Waals surface area contributed by atoms with Crippen LogP contribution in [0, 0.1) is 0 Å². The maximum atomic E-state index is 12.6. The third-order valence-electron chi connectivity index (χ3n) is 3.71. The van der Waals surface area contributed by atoms with Gasteiger partial charge in [-0.15, -0.1) is 0 Å². The maximum Gasteiger partial charge on any atom is 0.324 e. The van der Waals surface area contributed by atoms with Crippen LogP contribution in [0.5, 0.6) is 0 Å². The van der Waals surface area contributed by atoms with Crippen LogP contribution in [-0.4, -0.2) is 41.1 Å². The Balaban J connectivity index is 2.35. The van der Waals surface area contributed by atoms with E-state index in [0.29, 0.717) is 17.8 Å². The van der Waals surface area contributed by atoms with Crippen LogP contribution in [0.25, 0.3) is 0 Å². The molecule has 0 spiro atoms. The van der Waals surface area contributed by atoms with E-state index in [1.54, 1.807) is 15.9 Å². The summed E-state index contributed by atoms with van der Waals surface area (Å²) < 4.78 is 0. The van der Waals surface area contributed by atoms with E-state index in [0.717, 1.165) is 0 Å². The molecule has 108 valence electrons. The number of aliphatic carboxylic acids is 1. The molecule has 0 saturated heterocycles. The van der Waals surface area contributed by atoms with Gasteiger partial charge in [-0.25, -0.2) is 4.79 Å². The van der Waals surface area contributed by atoms with E-state index in [1.165, 1.54) is 0 Å². The summed E-state index contributed by atoms with van der Waals surface area (Å²) in [5, 5.41) is 9.31. The third kappa shape index (κ3) is 2.35. The van der Waals surface area contributed by atoms with Gasteiger partial charge in [0.05, 0.1) is 0 Å². The molecule has 1 atom stereocenters. The summed E-state index contributed by atoms with van der Waals surface area (Å²) in [7, 11) is 0. The summed E-state index contributed by atoms with van der Waals surface area (Å²) in [4.78, 5) is 27.3. The largest absolute Gasteiger partial charge is 0.481 e. The van der Waals surface area contributed by atoms with Crippen LogP contribution >= 0.6 is 0 Å². The molecule has 1 heterocycles. The van der Waals surface area contributed by atoms with Gasteiger partial charge in [0.2, 0.25) is 0 Å². The lowest BCUT2D eigenvalue weighted by atomic mass is 10.0. The van der Waals surface area contributed by atoms with Crippen molar-refractivity contribution in [2.24, 2.45) is 0 Å². The highest BCUT2D eigenvalue weighted by Gasteiger charge is 2.38. The molecular weight excluding hydrogens is 256 g/mol. The average Bonchev–Trinajstić information content (AvgIpc) is 2.78. The van der Waals surface area contributed by atoms with Crippen LogP contribution < -0.4 is 4.90 Å². The number of rotatable bonds is 3. The van der Waals surface area contributed by atoms with Crippen molar-refractivity contribution in [1.82, 2.24) is 4.90 Å². The molecule has 0 aromatic heterocycles. The molecule has 0 saturated carbocycles. The van der Waals surface area contributed by atoms with E-state index in [-0.39, 0.29) is 18.6 Å². The highest BCUT2D eigenvalue weighted by atomic mass is 16.4. The number of fused-ring (bicyclic) bond motifs is 1. The van der Waals surface area contributed by atoms with Crippen molar-refractivity contribution in [3.63, 3.8) is 0 Å². The van der Waals surface area contributed by atoms with E-state index in [4.69, 9.17) is 0 Å². The Morgan fingerprint density at radius 1 is 1.40 bits per heavy atom. The summed E-state index contributed by atoms with van der Waals surface area (Å²) in [6.07, 6.45) is 0. The van der Waals surface area contributed by atoms with Crippen LogP contribution in [0.2, 0.25) is 0 Å². The van der Waals surface area contributed by atoms with Gasteiger partial charge >= 0.3 is 12.0 Å². The first-order chi connectivity index (χ1) is 9.47. The standard InChI is InChI=1S/C15H20N2O3/c1-4-16(10(2)3)15(20)17-9-12(14(18)19)11-7-5-6-8-13(11)17/h5-8,10,12H,4,9H2,1-3H3,(H,18,19). The number of anilines is 1. The second-order valence-electron chi connectivity index (χ2n) is 5.22. The van der Waals surface area contributed by atoms with E-state index in [9.17, 15) is 14.7 Å². The van der Waals surface area contributed by atoms with Crippen molar-refractivity contribution in [3.05, 3.63) is 29.8 Å². The second-order valence-corrected chi connectivity index (χ2v) is 5.22. The van der Waals surface area contributed by atoms with Gasteiger partial charge in [-0.1, -0.05) is 18.2 Å². The third-order valence-corrected chi connectivity index (χ3v) is 3.71. The fraction of sp³-hybridized carbons (Fsp3) is 0.467. The van der Waals surface area contributed by atoms with Crippen LogP contribution in [0.1, 0.15) is 32.3 Å². The van der Waals surface area contributed by atoms with Crippen LogP contribution in [0.3, 0.4) is 0 Å². The molecule has 2 rings (SSSR count). The molecular formula is C15H20N2O3. The SMILES string of the molecule is CCN(C(=O)N1CC(C(=O)O)c2ccccc21)C(C)C. The minimum atomic E-state index is -0.889. The number of amides is 2. The molecule has 0 fully saturated rings. The van der Waals surface area contributed by atoms with Gasteiger partial charge in [0.25, 0.3) is 0 Å². The van der Waals surface area contributed by atoms with Crippen LogP contribution in [0.4, 0.5) is 10.5 Å². The smallest absolute Gasteiger partial charge is 0.324 e. The molecule has 5 nitrogen and oxygen atoms in total. The van der Waals surface area contributed by atoms with Gasteiger partial charge in [0.1, 0.15) is 5.92 Å². The van der Waals surface area contributed by atoms with Crippen molar-refractivity contribution in [3.8, 4) is 0 Å². The first-order valence-electron chi connectivity index (χ1n) is 6.87. The van der Waals surface area contributed by atoms with Crippen LogP contribution in [0.15, 0.2) is 24.3 Å². The number of para-hydroxylation sites is 1. The van der Waals surface area contributed by atoms with Gasteiger partial charge in [-0.3, -0.25) is 9.69 Å². The Kier molecular flexibility index (Phi) is 3.97. The van der Waals surface area contributed by atoms with E-state index < -0.39 is 11.9 Å². The van der Waals surface area contributed by atoms with Crippen molar-refractivity contribution in [1.29, 1.82) is 0 Å². The number of benzene rings is 1. The zero-order valence-corrected chi connectivity index (χ0v) is 12.0. The lowest BCUT2D eigenvalue weighted by Gasteiger charge is -2.30. The number of carbonyl (C=O) groups is 2. The minimum Gasteiger partial charge on any atom is -0.481 e.